The maximum absolute atomic E-state index is 12.9. The number of amidine groups is 1. The molecule has 2 aliphatic heterocycles. The number of rotatable bonds is 9. The largest absolute Gasteiger partial charge is 0.355 e. The van der Waals surface area contributed by atoms with E-state index in [-0.39, 0.29) is 24.0 Å². The average molecular weight is 440 g/mol. The third-order valence-corrected chi connectivity index (χ3v) is 6.68. The Balaban J connectivity index is 1.36. The van der Waals surface area contributed by atoms with Crippen molar-refractivity contribution in [2.45, 2.75) is 51.7 Å². The number of anilines is 1. The molecule has 0 saturated carbocycles. The summed E-state index contributed by atoms with van der Waals surface area (Å²) in [5.41, 5.74) is 5.21. The van der Waals surface area contributed by atoms with Crippen molar-refractivity contribution in [1.29, 1.82) is 0 Å². The van der Waals surface area contributed by atoms with Gasteiger partial charge in [0.1, 0.15) is 10.7 Å². The van der Waals surface area contributed by atoms with Gasteiger partial charge in [0.15, 0.2) is 0 Å². The summed E-state index contributed by atoms with van der Waals surface area (Å²) in [7, 11) is 0. The Morgan fingerprint density at radius 3 is 2.87 bits per heavy atom. The summed E-state index contributed by atoms with van der Waals surface area (Å²) in [5.74, 6) is 1.12. The molecule has 2 unspecified atom stereocenters. The molecule has 0 fully saturated rings. The number of hydrogen-bond acceptors (Lipinski definition) is 6. The normalized spacial score (nSPS) is 18.2. The van der Waals surface area contributed by atoms with Gasteiger partial charge in [0.05, 0.1) is 5.69 Å². The number of hydrazone groups is 1. The number of thiophene rings is 1. The van der Waals surface area contributed by atoms with Crippen molar-refractivity contribution in [3.63, 3.8) is 0 Å². The van der Waals surface area contributed by atoms with Crippen LogP contribution in [0.1, 0.15) is 60.7 Å². The fourth-order valence-electron chi connectivity index (χ4n) is 3.97. The Morgan fingerprint density at radius 2 is 2.10 bits per heavy atom. The Hall–Kier alpha value is -2.87. The van der Waals surface area contributed by atoms with Gasteiger partial charge in [-0.05, 0) is 29.3 Å². The van der Waals surface area contributed by atoms with Crippen LogP contribution in [0.5, 0.6) is 0 Å². The highest BCUT2D eigenvalue weighted by atomic mass is 32.1. The Labute approximate surface area is 187 Å². The number of fused-ring (bicyclic) bond motifs is 3. The molecule has 164 valence electrons. The van der Waals surface area contributed by atoms with Crippen molar-refractivity contribution in [3.05, 3.63) is 52.2 Å². The molecule has 1 aromatic heterocycles. The first-order chi connectivity index (χ1) is 15.1. The molecule has 2 amide bonds. The van der Waals surface area contributed by atoms with E-state index in [1.165, 1.54) is 16.9 Å². The lowest BCUT2D eigenvalue weighted by Gasteiger charge is -2.39. The molecule has 4 rings (SSSR count). The predicted octanol–water partition coefficient (Wildman–Crippen LogP) is 3.71. The maximum atomic E-state index is 12.9. The topological polar surface area (TPSA) is 77.0 Å². The van der Waals surface area contributed by atoms with Crippen molar-refractivity contribution in [2.75, 3.05) is 18.0 Å². The summed E-state index contributed by atoms with van der Waals surface area (Å²) < 4.78 is 0. The lowest BCUT2D eigenvalue weighted by atomic mass is 10.0. The molecular weight excluding hydrogens is 410 g/mol. The molecule has 31 heavy (non-hydrogen) atoms. The first-order valence-corrected chi connectivity index (χ1v) is 11.8. The molecule has 2 atom stereocenters. The van der Waals surface area contributed by atoms with E-state index in [4.69, 9.17) is 0 Å². The quantitative estimate of drug-likeness (QED) is 0.624. The molecule has 0 aliphatic carbocycles. The zero-order chi connectivity index (χ0) is 21.8. The standard InChI is InChI=1S/C23H29N5O2S/c1-3-4-13-27-22(30)21-18(12-14-31-21)28-19(25-26-23(27)28)10-11-20(29)24-15-16(2)17-8-6-5-7-9-17/h5-9,12,14,16,23,26H,3-4,10-11,13,15H2,1-2H3,(H,24,29). The highest BCUT2D eigenvalue weighted by Gasteiger charge is 2.43. The van der Waals surface area contributed by atoms with E-state index in [9.17, 15) is 9.59 Å². The van der Waals surface area contributed by atoms with Gasteiger partial charge in [-0.25, -0.2) is 0 Å². The van der Waals surface area contributed by atoms with Gasteiger partial charge in [-0.1, -0.05) is 50.6 Å². The van der Waals surface area contributed by atoms with Crippen LogP contribution >= 0.6 is 11.3 Å². The van der Waals surface area contributed by atoms with Crippen molar-refractivity contribution in [3.8, 4) is 0 Å². The van der Waals surface area contributed by atoms with Crippen LogP contribution in [0.4, 0.5) is 5.69 Å². The van der Waals surface area contributed by atoms with Crippen LogP contribution in [-0.2, 0) is 4.79 Å². The number of amides is 2. The highest BCUT2D eigenvalue weighted by Crippen LogP contribution is 2.36. The summed E-state index contributed by atoms with van der Waals surface area (Å²) in [6.45, 7) is 5.51. The number of benzene rings is 1. The van der Waals surface area contributed by atoms with Crippen LogP contribution in [0, 0.1) is 0 Å². The molecule has 0 spiro atoms. The van der Waals surface area contributed by atoms with E-state index in [1.807, 2.05) is 34.5 Å². The molecule has 0 saturated heterocycles. The van der Waals surface area contributed by atoms with Gasteiger partial charge in [0.2, 0.25) is 12.2 Å². The van der Waals surface area contributed by atoms with Gasteiger partial charge in [-0.15, -0.1) is 11.3 Å². The molecule has 0 radical (unpaired) electrons. The van der Waals surface area contributed by atoms with Crippen LogP contribution in [-0.4, -0.2) is 41.9 Å². The summed E-state index contributed by atoms with van der Waals surface area (Å²) in [4.78, 5) is 30.1. The van der Waals surface area contributed by atoms with Gasteiger partial charge >= 0.3 is 0 Å². The lowest BCUT2D eigenvalue weighted by Crippen LogP contribution is -2.58. The second-order valence-electron chi connectivity index (χ2n) is 8.00. The monoisotopic (exact) mass is 439 g/mol. The van der Waals surface area contributed by atoms with Crippen LogP contribution < -0.4 is 15.6 Å². The van der Waals surface area contributed by atoms with Gasteiger partial charge in [0, 0.05) is 25.9 Å². The second-order valence-corrected chi connectivity index (χ2v) is 8.92. The minimum Gasteiger partial charge on any atom is -0.355 e. The molecule has 7 nitrogen and oxygen atoms in total. The van der Waals surface area contributed by atoms with Crippen LogP contribution in [0.3, 0.4) is 0 Å². The highest BCUT2D eigenvalue weighted by molar-refractivity contribution is 7.12. The zero-order valence-electron chi connectivity index (χ0n) is 18.0. The van der Waals surface area contributed by atoms with E-state index in [0.717, 1.165) is 29.2 Å². The van der Waals surface area contributed by atoms with Crippen LogP contribution in [0.15, 0.2) is 46.9 Å². The summed E-state index contributed by atoms with van der Waals surface area (Å²) >= 11 is 1.46. The smallest absolute Gasteiger partial charge is 0.269 e. The first kappa shape index (κ1) is 21.4. The second kappa shape index (κ2) is 9.51. The first-order valence-electron chi connectivity index (χ1n) is 10.9. The molecule has 1 aromatic carbocycles. The maximum Gasteiger partial charge on any atom is 0.269 e. The van der Waals surface area contributed by atoms with Crippen molar-refractivity contribution < 1.29 is 9.59 Å². The van der Waals surface area contributed by atoms with Gasteiger partial charge in [0.25, 0.3) is 5.91 Å². The number of carbonyl (C=O) groups excluding carboxylic acids is 2. The molecule has 0 bridgehead atoms. The fraction of sp³-hybridized carbons (Fsp3) is 0.435. The van der Waals surface area contributed by atoms with Crippen molar-refractivity contribution in [2.24, 2.45) is 5.10 Å². The predicted molar refractivity (Wildman–Crippen MR) is 124 cm³/mol. The van der Waals surface area contributed by atoms with E-state index in [0.29, 0.717) is 25.9 Å². The Morgan fingerprint density at radius 1 is 1.29 bits per heavy atom. The molecule has 2 aliphatic rings. The average Bonchev–Trinajstić information content (AvgIpc) is 3.44. The van der Waals surface area contributed by atoms with Gasteiger partial charge < -0.3 is 5.32 Å². The Bertz CT molecular complexity index is 958. The lowest BCUT2D eigenvalue weighted by molar-refractivity contribution is -0.121. The van der Waals surface area contributed by atoms with Crippen molar-refractivity contribution in [1.82, 2.24) is 15.6 Å². The summed E-state index contributed by atoms with van der Waals surface area (Å²) in [6, 6.07) is 12.1. The number of hydrogen-bond donors (Lipinski definition) is 2. The zero-order valence-corrected chi connectivity index (χ0v) is 18.8. The molecule has 2 aromatic rings. The van der Waals surface area contributed by atoms with Crippen LogP contribution in [0.2, 0.25) is 0 Å². The van der Waals surface area contributed by atoms with Crippen LogP contribution in [0.25, 0.3) is 0 Å². The summed E-state index contributed by atoms with van der Waals surface area (Å²) in [6.07, 6.45) is 2.52. The van der Waals surface area contributed by atoms with E-state index in [2.05, 4.69) is 46.7 Å². The minimum absolute atomic E-state index is 0.00963. The third kappa shape index (κ3) is 4.44. The number of carbonyl (C=O) groups is 2. The summed E-state index contributed by atoms with van der Waals surface area (Å²) in [5, 5.41) is 9.47. The third-order valence-electron chi connectivity index (χ3n) is 5.79. The molecule has 2 N–H and O–H groups in total. The fourth-order valence-corrected chi connectivity index (χ4v) is 4.81. The van der Waals surface area contributed by atoms with Gasteiger partial charge in [-0.2, -0.15) is 5.10 Å². The number of unbranched alkanes of at least 4 members (excludes halogenated alkanes) is 1. The SMILES string of the molecule is CCCCN1C(=O)c2sccc2N2C(CCC(=O)NCC(C)c3ccccc3)=NNC12. The number of nitrogens with one attached hydrogen (secondary N) is 2. The van der Waals surface area contributed by atoms with E-state index >= 15 is 0 Å². The molecule has 8 heteroatoms. The van der Waals surface area contributed by atoms with Crippen molar-refractivity contribution >= 4 is 34.7 Å². The number of nitrogens with zero attached hydrogens (tertiary/aromatic N) is 3. The minimum atomic E-state index is -0.308. The Kier molecular flexibility index (Phi) is 6.56. The van der Waals surface area contributed by atoms with Gasteiger partial charge in [-0.3, -0.25) is 24.8 Å². The molecule has 3 heterocycles. The van der Waals surface area contributed by atoms with E-state index < -0.39 is 0 Å². The molecular formula is C23H29N5O2S. The van der Waals surface area contributed by atoms with E-state index in [1.54, 1.807) is 0 Å².